The number of hydrogen-bond donors (Lipinski definition) is 0. The number of hydrogen-bond acceptors (Lipinski definition) is 0. The molecule has 1 aliphatic rings. The van der Waals surface area contributed by atoms with E-state index in [4.69, 9.17) is 0 Å². The van der Waals surface area contributed by atoms with Crippen LogP contribution in [0.5, 0.6) is 0 Å². The standard InChI is InChI=1S/C18H30/c1-2-3-4-5-6-7-8-9-10-11-12-15-18-16-13-14-17-18/h2,13-14,16H,1,3-12,15,17H2. The van der Waals surface area contributed by atoms with Crippen molar-refractivity contribution in [3.8, 4) is 0 Å². The molecule has 0 heteroatoms. The Morgan fingerprint density at radius 3 is 2.06 bits per heavy atom. The van der Waals surface area contributed by atoms with Gasteiger partial charge in [-0.15, -0.1) is 6.58 Å². The highest BCUT2D eigenvalue weighted by atomic mass is 14.0. The third-order valence-corrected chi connectivity index (χ3v) is 3.75. The van der Waals surface area contributed by atoms with Crippen LogP contribution in [-0.2, 0) is 0 Å². The molecule has 1 rings (SSSR count). The number of unbranched alkanes of at least 4 members (excludes halogenated alkanes) is 9. The third-order valence-electron chi connectivity index (χ3n) is 3.75. The minimum Gasteiger partial charge on any atom is -0.103 e. The monoisotopic (exact) mass is 246 g/mol. The van der Waals surface area contributed by atoms with Crippen LogP contribution in [0.25, 0.3) is 0 Å². The van der Waals surface area contributed by atoms with E-state index in [1.165, 1.54) is 77.0 Å². The van der Waals surface area contributed by atoms with Crippen molar-refractivity contribution in [1.82, 2.24) is 0 Å². The summed E-state index contributed by atoms with van der Waals surface area (Å²) in [5.74, 6) is 0. The fourth-order valence-corrected chi connectivity index (χ4v) is 2.56. The Labute approximate surface area is 114 Å². The Morgan fingerprint density at radius 2 is 1.50 bits per heavy atom. The second-order valence-corrected chi connectivity index (χ2v) is 5.47. The molecule has 0 amide bonds. The van der Waals surface area contributed by atoms with E-state index in [1.54, 1.807) is 5.57 Å². The predicted molar refractivity (Wildman–Crippen MR) is 82.8 cm³/mol. The van der Waals surface area contributed by atoms with Gasteiger partial charge in [0.05, 0.1) is 0 Å². The summed E-state index contributed by atoms with van der Waals surface area (Å²) in [6, 6.07) is 0. The molecular weight excluding hydrogens is 216 g/mol. The Morgan fingerprint density at radius 1 is 0.889 bits per heavy atom. The van der Waals surface area contributed by atoms with Gasteiger partial charge < -0.3 is 0 Å². The second-order valence-electron chi connectivity index (χ2n) is 5.47. The van der Waals surface area contributed by atoms with Crippen molar-refractivity contribution in [3.05, 3.63) is 36.5 Å². The van der Waals surface area contributed by atoms with Crippen LogP contribution >= 0.6 is 0 Å². The van der Waals surface area contributed by atoms with Gasteiger partial charge in [0.15, 0.2) is 0 Å². The quantitative estimate of drug-likeness (QED) is 0.278. The van der Waals surface area contributed by atoms with Gasteiger partial charge in [-0.2, -0.15) is 0 Å². The van der Waals surface area contributed by atoms with Gasteiger partial charge in [0, 0.05) is 0 Å². The van der Waals surface area contributed by atoms with Gasteiger partial charge in [-0.3, -0.25) is 0 Å². The average Bonchev–Trinajstić information content (AvgIpc) is 2.89. The first kappa shape index (κ1) is 15.3. The molecule has 0 radical (unpaired) electrons. The predicted octanol–water partition coefficient (Wildman–Crippen LogP) is 6.35. The molecule has 0 spiro atoms. The van der Waals surface area contributed by atoms with Crippen LogP contribution < -0.4 is 0 Å². The van der Waals surface area contributed by atoms with Crippen molar-refractivity contribution in [2.45, 2.75) is 77.0 Å². The lowest BCUT2D eigenvalue weighted by atomic mass is 10.0. The molecule has 0 unspecified atom stereocenters. The zero-order chi connectivity index (χ0) is 12.9. The molecule has 0 bridgehead atoms. The highest BCUT2D eigenvalue weighted by molar-refractivity contribution is 5.22. The molecule has 0 fully saturated rings. The molecular formula is C18H30. The number of allylic oxidation sites excluding steroid dienone is 5. The molecule has 102 valence electrons. The van der Waals surface area contributed by atoms with Crippen molar-refractivity contribution in [3.63, 3.8) is 0 Å². The SMILES string of the molecule is C=CCCCCCCCCCCCC1=CC=CC1. The number of rotatable bonds is 12. The van der Waals surface area contributed by atoms with Crippen LogP contribution in [0.15, 0.2) is 36.5 Å². The van der Waals surface area contributed by atoms with Gasteiger partial charge in [0.1, 0.15) is 0 Å². The van der Waals surface area contributed by atoms with E-state index < -0.39 is 0 Å². The van der Waals surface area contributed by atoms with Gasteiger partial charge in [-0.25, -0.2) is 0 Å². The van der Waals surface area contributed by atoms with E-state index in [9.17, 15) is 0 Å². The van der Waals surface area contributed by atoms with Crippen LogP contribution in [0.3, 0.4) is 0 Å². The van der Waals surface area contributed by atoms with Gasteiger partial charge in [-0.05, 0) is 32.1 Å². The third kappa shape index (κ3) is 8.33. The van der Waals surface area contributed by atoms with Crippen LogP contribution in [-0.4, -0.2) is 0 Å². The molecule has 0 aromatic carbocycles. The maximum Gasteiger partial charge on any atom is -0.0133 e. The fraction of sp³-hybridized carbons (Fsp3) is 0.667. The minimum atomic E-state index is 1.20. The average molecular weight is 246 g/mol. The fourth-order valence-electron chi connectivity index (χ4n) is 2.56. The van der Waals surface area contributed by atoms with E-state index in [0.717, 1.165) is 0 Å². The summed E-state index contributed by atoms with van der Waals surface area (Å²) in [6.45, 7) is 3.76. The Bertz CT molecular complexity index is 257. The summed E-state index contributed by atoms with van der Waals surface area (Å²) in [7, 11) is 0. The van der Waals surface area contributed by atoms with Crippen molar-refractivity contribution < 1.29 is 0 Å². The first-order chi connectivity index (χ1) is 8.93. The van der Waals surface area contributed by atoms with Crippen LogP contribution in [0.2, 0.25) is 0 Å². The smallest absolute Gasteiger partial charge is 0.0133 e. The van der Waals surface area contributed by atoms with Gasteiger partial charge in [0.25, 0.3) is 0 Å². The Hall–Kier alpha value is -0.780. The topological polar surface area (TPSA) is 0 Å². The molecule has 0 aliphatic heterocycles. The molecule has 0 aromatic heterocycles. The molecule has 0 N–H and O–H groups in total. The van der Waals surface area contributed by atoms with Gasteiger partial charge in [-0.1, -0.05) is 74.8 Å². The molecule has 1 aliphatic carbocycles. The largest absolute Gasteiger partial charge is 0.103 e. The lowest BCUT2D eigenvalue weighted by molar-refractivity contribution is 0.559. The van der Waals surface area contributed by atoms with Crippen molar-refractivity contribution in [1.29, 1.82) is 0 Å². The summed E-state index contributed by atoms with van der Waals surface area (Å²) in [4.78, 5) is 0. The normalized spacial score (nSPS) is 13.9. The molecule has 0 saturated heterocycles. The minimum absolute atomic E-state index is 1.20. The lowest BCUT2D eigenvalue weighted by Crippen LogP contribution is -1.83. The highest BCUT2D eigenvalue weighted by Crippen LogP contribution is 2.18. The maximum absolute atomic E-state index is 3.76. The molecule has 0 atom stereocenters. The van der Waals surface area contributed by atoms with Crippen molar-refractivity contribution in [2.24, 2.45) is 0 Å². The van der Waals surface area contributed by atoms with Crippen LogP contribution in [0.4, 0.5) is 0 Å². The second kappa shape index (κ2) is 11.3. The summed E-state index contributed by atoms with van der Waals surface area (Å²) in [5, 5.41) is 0. The first-order valence-electron chi connectivity index (χ1n) is 7.89. The van der Waals surface area contributed by atoms with Crippen molar-refractivity contribution >= 4 is 0 Å². The molecule has 0 aromatic rings. The molecule has 18 heavy (non-hydrogen) atoms. The first-order valence-corrected chi connectivity index (χ1v) is 7.89. The van der Waals surface area contributed by atoms with Crippen molar-refractivity contribution in [2.75, 3.05) is 0 Å². The maximum atomic E-state index is 3.76. The molecule has 0 saturated carbocycles. The zero-order valence-corrected chi connectivity index (χ0v) is 12.0. The Balaban J connectivity index is 1.72. The summed E-state index contributed by atoms with van der Waals surface area (Å²) >= 11 is 0. The van der Waals surface area contributed by atoms with E-state index >= 15 is 0 Å². The molecule has 0 heterocycles. The van der Waals surface area contributed by atoms with E-state index in [-0.39, 0.29) is 0 Å². The van der Waals surface area contributed by atoms with Gasteiger partial charge in [0.2, 0.25) is 0 Å². The summed E-state index contributed by atoms with van der Waals surface area (Å²) in [6.07, 6.45) is 25.3. The lowest BCUT2D eigenvalue weighted by Gasteiger charge is -2.03. The van der Waals surface area contributed by atoms with Crippen LogP contribution in [0, 0.1) is 0 Å². The molecule has 0 nitrogen and oxygen atoms in total. The van der Waals surface area contributed by atoms with E-state index in [2.05, 4.69) is 24.8 Å². The summed E-state index contributed by atoms with van der Waals surface area (Å²) in [5.41, 5.74) is 1.64. The van der Waals surface area contributed by atoms with Gasteiger partial charge >= 0.3 is 0 Å². The summed E-state index contributed by atoms with van der Waals surface area (Å²) < 4.78 is 0. The Kier molecular flexibility index (Phi) is 9.61. The zero-order valence-electron chi connectivity index (χ0n) is 12.0. The van der Waals surface area contributed by atoms with E-state index in [1.807, 2.05) is 6.08 Å². The highest BCUT2D eigenvalue weighted by Gasteiger charge is 1.98. The van der Waals surface area contributed by atoms with Crippen LogP contribution in [0.1, 0.15) is 77.0 Å². The van der Waals surface area contributed by atoms with E-state index in [0.29, 0.717) is 0 Å².